The third kappa shape index (κ3) is 3.87. The lowest BCUT2D eigenvalue weighted by atomic mass is 10.1. The Morgan fingerprint density at radius 2 is 2.10 bits per heavy atom. The van der Waals surface area contributed by atoms with E-state index in [4.69, 9.17) is 11.6 Å². The second kappa shape index (κ2) is 8.23. The van der Waals surface area contributed by atoms with Gasteiger partial charge in [0.25, 0.3) is 5.78 Å². The summed E-state index contributed by atoms with van der Waals surface area (Å²) in [5.41, 5.74) is 3.56. The molecule has 30 heavy (non-hydrogen) atoms. The van der Waals surface area contributed by atoms with Crippen LogP contribution in [0, 0.1) is 13.8 Å². The van der Waals surface area contributed by atoms with Crippen LogP contribution in [0.4, 0.5) is 11.4 Å². The largest absolute Gasteiger partial charge is 0.324 e. The zero-order valence-electron chi connectivity index (χ0n) is 16.9. The molecule has 1 saturated heterocycles. The SMILES string of the molecule is CSc1nc2nc(C)c(CC(=O)Nc3cc(N4CCCC4=O)ccc3Cl)c(C)n2n1. The number of thioether (sulfide) groups is 1. The first-order valence-corrected chi connectivity index (χ1v) is 11.1. The van der Waals surface area contributed by atoms with Gasteiger partial charge in [0, 0.05) is 35.6 Å². The molecule has 0 unspecified atom stereocenters. The van der Waals surface area contributed by atoms with Crippen molar-refractivity contribution in [2.24, 2.45) is 0 Å². The highest BCUT2D eigenvalue weighted by Gasteiger charge is 2.23. The molecule has 1 aromatic carbocycles. The predicted octanol–water partition coefficient (Wildman–Crippen LogP) is 3.42. The molecule has 1 aliphatic rings. The molecule has 0 aliphatic carbocycles. The van der Waals surface area contributed by atoms with E-state index in [9.17, 15) is 9.59 Å². The first-order valence-electron chi connectivity index (χ1n) is 9.54. The number of rotatable bonds is 5. The van der Waals surface area contributed by atoms with E-state index >= 15 is 0 Å². The minimum atomic E-state index is -0.223. The lowest BCUT2D eigenvalue weighted by molar-refractivity contribution is -0.117. The van der Waals surface area contributed by atoms with Gasteiger partial charge in [-0.1, -0.05) is 23.4 Å². The number of amides is 2. The molecule has 1 fully saturated rings. The van der Waals surface area contributed by atoms with Crippen LogP contribution in [0.15, 0.2) is 23.4 Å². The highest BCUT2D eigenvalue weighted by Crippen LogP contribution is 2.30. The molecular weight excluding hydrogens is 424 g/mol. The Bertz CT molecular complexity index is 1160. The number of carbonyl (C=O) groups excluding carboxylic acids is 2. The van der Waals surface area contributed by atoms with Gasteiger partial charge in [0.05, 0.1) is 17.1 Å². The molecule has 8 nitrogen and oxygen atoms in total. The second-order valence-electron chi connectivity index (χ2n) is 7.11. The Morgan fingerprint density at radius 3 is 2.80 bits per heavy atom. The number of benzene rings is 1. The zero-order valence-corrected chi connectivity index (χ0v) is 18.5. The van der Waals surface area contributed by atoms with E-state index in [0.29, 0.717) is 34.6 Å². The van der Waals surface area contributed by atoms with Crippen LogP contribution in [-0.2, 0) is 16.0 Å². The second-order valence-corrected chi connectivity index (χ2v) is 8.29. The normalized spacial score (nSPS) is 14.0. The van der Waals surface area contributed by atoms with Crippen LogP contribution < -0.4 is 10.2 Å². The van der Waals surface area contributed by atoms with E-state index in [2.05, 4.69) is 20.4 Å². The summed E-state index contributed by atoms with van der Waals surface area (Å²) < 4.78 is 1.66. The number of nitrogens with one attached hydrogen (secondary N) is 1. The minimum absolute atomic E-state index is 0.0812. The van der Waals surface area contributed by atoms with Gasteiger partial charge in [-0.2, -0.15) is 4.98 Å². The van der Waals surface area contributed by atoms with Gasteiger partial charge in [0.1, 0.15) is 0 Å². The van der Waals surface area contributed by atoms with Crippen LogP contribution in [0.3, 0.4) is 0 Å². The molecule has 1 N–H and O–H groups in total. The summed E-state index contributed by atoms with van der Waals surface area (Å²) in [7, 11) is 0. The van der Waals surface area contributed by atoms with Gasteiger partial charge in [0.2, 0.25) is 17.0 Å². The van der Waals surface area contributed by atoms with Crippen molar-refractivity contribution >= 4 is 52.3 Å². The van der Waals surface area contributed by atoms with Crippen molar-refractivity contribution in [2.45, 2.75) is 38.3 Å². The molecule has 0 bridgehead atoms. The predicted molar refractivity (Wildman–Crippen MR) is 117 cm³/mol. The van der Waals surface area contributed by atoms with Gasteiger partial charge >= 0.3 is 0 Å². The number of halogens is 1. The fraction of sp³-hybridized carbons (Fsp3) is 0.350. The van der Waals surface area contributed by atoms with Gasteiger partial charge in [-0.05, 0) is 44.7 Å². The Labute approximate surface area is 183 Å². The maximum absolute atomic E-state index is 12.8. The van der Waals surface area contributed by atoms with Crippen LogP contribution >= 0.6 is 23.4 Å². The maximum Gasteiger partial charge on any atom is 0.253 e. The molecule has 156 valence electrons. The Kier molecular flexibility index (Phi) is 5.66. The first-order chi connectivity index (χ1) is 14.4. The molecule has 4 rings (SSSR count). The average molecular weight is 445 g/mol. The number of hydrogen-bond acceptors (Lipinski definition) is 6. The number of fused-ring (bicyclic) bond motifs is 1. The number of anilines is 2. The summed E-state index contributed by atoms with van der Waals surface area (Å²) in [6.45, 7) is 4.43. The van der Waals surface area contributed by atoms with E-state index in [1.807, 2.05) is 20.1 Å². The summed E-state index contributed by atoms with van der Waals surface area (Å²) in [6, 6.07) is 5.23. The fourth-order valence-corrected chi connectivity index (χ4v) is 4.09. The molecule has 2 amide bonds. The first kappa shape index (κ1) is 20.6. The van der Waals surface area contributed by atoms with E-state index in [-0.39, 0.29) is 18.2 Å². The molecule has 0 radical (unpaired) electrons. The minimum Gasteiger partial charge on any atom is -0.324 e. The Morgan fingerprint density at radius 1 is 1.30 bits per heavy atom. The molecule has 2 aromatic heterocycles. The van der Waals surface area contributed by atoms with Crippen molar-refractivity contribution in [3.05, 3.63) is 40.2 Å². The van der Waals surface area contributed by atoms with Crippen molar-refractivity contribution in [2.75, 3.05) is 23.0 Å². The summed E-state index contributed by atoms with van der Waals surface area (Å²) in [5, 5.41) is 8.34. The standard InChI is InChI=1S/C20H21ClN6O2S/c1-11-14(12(2)27-19(22-11)24-20(25-27)30-3)10-17(28)23-16-9-13(6-7-15(16)21)26-8-4-5-18(26)29/h6-7,9H,4-5,8,10H2,1-3H3,(H,23,28). The fourth-order valence-electron chi connectivity index (χ4n) is 3.59. The number of nitrogens with zero attached hydrogens (tertiary/aromatic N) is 5. The van der Waals surface area contributed by atoms with Crippen LogP contribution in [0.25, 0.3) is 5.78 Å². The number of aryl methyl sites for hydroxylation is 2. The molecule has 0 saturated carbocycles. The van der Waals surface area contributed by atoms with Crippen molar-refractivity contribution in [1.29, 1.82) is 0 Å². The highest BCUT2D eigenvalue weighted by atomic mass is 35.5. The number of aromatic nitrogens is 4. The molecular formula is C20H21ClN6O2S. The monoisotopic (exact) mass is 444 g/mol. The summed E-state index contributed by atoms with van der Waals surface area (Å²) >= 11 is 7.73. The van der Waals surface area contributed by atoms with E-state index in [1.54, 1.807) is 27.6 Å². The van der Waals surface area contributed by atoms with Crippen molar-refractivity contribution in [3.8, 4) is 0 Å². The van der Waals surface area contributed by atoms with E-state index < -0.39 is 0 Å². The van der Waals surface area contributed by atoms with E-state index in [1.165, 1.54) is 11.8 Å². The molecule has 0 spiro atoms. The quantitative estimate of drug-likeness (QED) is 0.606. The van der Waals surface area contributed by atoms with Crippen LogP contribution in [0.2, 0.25) is 5.02 Å². The smallest absolute Gasteiger partial charge is 0.253 e. The Hall–Kier alpha value is -2.65. The topological polar surface area (TPSA) is 92.5 Å². The summed E-state index contributed by atoms with van der Waals surface area (Å²) in [5.74, 6) is 0.376. The van der Waals surface area contributed by atoms with Crippen molar-refractivity contribution < 1.29 is 9.59 Å². The average Bonchev–Trinajstić information content (AvgIpc) is 3.33. The number of carbonyl (C=O) groups is 2. The van der Waals surface area contributed by atoms with Crippen molar-refractivity contribution in [1.82, 2.24) is 19.6 Å². The molecule has 0 atom stereocenters. The zero-order chi connectivity index (χ0) is 21.4. The molecule has 1 aliphatic heterocycles. The van der Waals surface area contributed by atoms with Gasteiger partial charge in [-0.3, -0.25) is 9.59 Å². The van der Waals surface area contributed by atoms with Gasteiger partial charge in [-0.25, -0.2) is 9.50 Å². The van der Waals surface area contributed by atoms with Gasteiger partial charge in [-0.15, -0.1) is 5.10 Å². The third-order valence-corrected chi connectivity index (χ3v) is 6.03. The van der Waals surface area contributed by atoms with Gasteiger partial charge < -0.3 is 10.2 Å². The van der Waals surface area contributed by atoms with Crippen LogP contribution in [-0.4, -0.2) is 44.2 Å². The molecule has 3 heterocycles. The summed E-state index contributed by atoms with van der Waals surface area (Å²) in [6.07, 6.45) is 3.40. The maximum atomic E-state index is 12.8. The Balaban J connectivity index is 1.57. The summed E-state index contributed by atoms with van der Waals surface area (Å²) in [4.78, 5) is 35.4. The lowest BCUT2D eigenvalue weighted by Gasteiger charge is -2.18. The van der Waals surface area contributed by atoms with Gasteiger partial charge in [0.15, 0.2) is 0 Å². The lowest BCUT2D eigenvalue weighted by Crippen LogP contribution is -2.24. The van der Waals surface area contributed by atoms with E-state index in [0.717, 1.165) is 29.1 Å². The van der Waals surface area contributed by atoms with Crippen LogP contribution in [0.5, 0.6) is 0 Å². The highest BCUT2D eigenvalue weighted by molar-refractivity contribution is 7.98. The van der Waals surface area contributed by atoms with Crippen LogP contribution in [0.1, 0.15) is 29.8 Å². The van der Waals surface area contributed by atoms with Crippen molar-refractivity contribution in [3.63, 3.8) is 0 Å². The number of hydrogen-bond donors (Lipinski definition) is 1. The molecule has 10 heteroatoms. The third-order valence-electron chi connectivity index (χ3n) is 5.16. The molecule has 3 aromatic rings.